The Balaban J connectivity index is 2.54. The Morgan fingerprint density at radius 2 is 2.12 bits per heavy atom. The molecule has 1 unspecified atom stereocenters. The predicted octanol–water partition coefficient (Wildman–Crippen LogP) is 2.88. The summed E-state index contributed by atoms with van der Waals surface area (Å²) in [6, 6.07) is 6.60. The average molecular weight is 331 g/mol. The van der Waals surface area contributed by atoms with Crippen LogP contribution in [0.4, 0.5) is 11.4 Å². The number of nitrogens with one attached hydrogen (secondary N) is 1. The van der Waals surface area contributed by atoms with E-state index in [-0.39, 0.29) is 24.4 Å². The molecule has 1 heterocycles. The third-order valence-corrected chi connectivity index (χ3v) is 4.21. The van der Waals surface area contributed by atoms with Gasteiger partial charge in [0.15, 0.2) is 0 Å². The number of esters is 1. The molecular formula is C17H21N3O4. The highest BCUT2D eigenvalue weighted by Gasteiger charge is 2.39. The lowest BCUT2D eigenvalue weighted by Gasteiger charge is -2.27. The maximum atomic E-state index is 12.6. The molecule has 1 aromatic heterocycles. The van der Waals surface area contributed by atoms with Gasteiger partial charge in [-0.05, 0) is 50.5 Å². The number of aromatic nitrogens is 1. The first kappa shape index (κ1) is 17.5. The van der Waals surface area contributed by atoms with E-state index < -0.39 is 16.3 Å². The molecule has 0 saturated heterocycles. The van der Waals surface area contributed by atoms with Crippen LogP contribution in [-0.4, -0.2) is 22.5 Å². The molecule has 0 bridgehead atoms. The van der Waals surface area contributed by atoms with Gasteiger partial charge in [0.2, 0.25) is 0 Å². The van der Waals surface area contributed by atoms with Crippen molar-refractivity contribution in [3.63, 3.8) is 0 Å². The van der Waals surface area contributed by atoms with E-state index in [0.29, 0.717) is 11.3 Å². The molecule has 7 nitrogen and oxygen atoms in total. The molecule has 2 rings (SSSR count). The van der Waals surface area contributed by atoms with Gasteiger partial charge in [0.05, 0.1) is 11.5 Å². The first-order chi connectivity index (χ1) is 11.3. The number of hydrogen-bond acceptors (Lipinski definition) is 5. The third kappa shape index (κ3) is 3.10. The number of H-pyrrole nitrogens is 1. The van der Waals surface area contributed by atoms with Crippen LogP contribution in [-0.2, 0) is 21.4 Å². The topological polar surface area (TPSA) is 111 Å². The Hall–Kier alpha value is -2.83. The molecule has 128 valence electrons. The number of nitrogens with zero attached hydrogens (tertiary/aromatic N) is 1. The summed E-state index contributed by atoms with van der Waals surface area (Å²) in [5.41, 5.74) is 6.96. The number of aryl methyl sites for hydroxylation is 1. The van der Waals surface area contributed by atoms with E-state index in [1.54, 1.807) is 38.2 Å². The highest BCUT2D eigenvalue weighted by atomic mass is 16.6. The van der Waals surface area contributed by atoms with Crippen LogP contribution >= 0.6 is 0 Å². The quantitative estimate of drug-likeness (QED) is 0.366. The fourth-order valence-electron chi connectivity index (χ4n) is 2.75. The lowest BCUT2D eigenvalue weighted by atomic mass is 9.79. The van der Waals surface area contributed by atoms with Gasteiger partial charge in [-0.3, -0.25) is 14.9 Å². The van der Waals surface area contributed by atoms with Crippen LogP contribution in [0.15, 0.2) is 30.5 Å². The molecule has 24 heavy (non-hydrogen) atoms. The van der Waals surface area contributed by atoms with Gasteiger partial charge in [0.25, 0.3) is 5.69 Å². The average Bonchev–Trinajstić information content (AvgIpc) is 3.06. The number of nitrogens with two attached hydrogens (primary N) is 1. The van der Waals surface area contributed by atoms with Gasteiger partial charge in [-0.2, -0.15) is 0 Å². The lowest BCUT2D eigenvalue weighted by molar-refractivity contribution is -0.384. The Labute approximate surface area is 140 Å². The molecule has 2 aromatic rings. The Kier molecular flexibility index (Phi) is 4.92. The van der Waals surface area contributed by atoms with Gasteiger partial charge in [-0.25, -0.2) is 0 Å². The summed E-state index contributed by atoms with van der Waals surface area (Å²) in [6.45, 7) is 5.54. The molecule has 0 aliphatic carbocycles. The summed E-state index contributed by atoms with van der Waals surface area (Å²) in [6.07, 6.45) is 1.92. The summed E-state index contributed by atoms with van der Waals surface area (Å²) in [4.78, 5) is 26.3. The van der Waals surface area contributed by atoms with E-state index in [4.69, 9.17) is 10.5 Å². The third-order valence-electron chi connectivity index (χ3n) is 4.21. The van der Waals surface area contributed by atoms with Crippen molar-refractivity contribution in [2.75, 3.05) is 12.3 Å². The van der Waals surface area contributed by atoms with Gasteiger partial charge in [-0.15, -0.1) is 0 Å². The van der Waals surface area contributed by atoms with Crippen LogP contribution in [0.3, 0.4) is 0 Å². The number of carbonyl (C=O) groups is 1. The zero-order valence-electron chi connectivity index (χ0n) is 14.0. The minimum absolute atomic E-state index is 0.0853. The van der Waals surface area contributed by atoms with E-state index in [0.717, 1.165) is 5.56 Å². The molecule has 0 fully saturated rings. The van der Waals surface area contributed by atoms with E-state index in [1.807, 2.05) is 6.92 Å². The van der Waals surface area contributed by atoms with Crippen LogP contribution in [0.1, 0.15) is 30.7 Å². The van der Waals surface area contributed by atoms with Gasteiger partial charge in [-0.1, -0.05) is 6.07 Å². The minimum atomic E-state index is -1.02. The number of benzene rings is 1. The summed E-state index contributed by atoms with van der Waals surface area (Å²) < 4.78 is 5.23. The van der Waals surface area contributed by atoms with Crippen LogP contribution < -0.4 is 5.73 Å². The van der Waals surface area contributed by atoms with Crippen LogP contribution in [0.5, 0.6) is 0 Å². The number of carbonyl (C=O) groups excluding carboxylic acids is 1. The minimum Gasteiger partial charge on any atom is -0.465 e. The molecule has 3 N–H and O–H groups in total. The van der Waals surface area contributed by atoms with Crippen LogP contribution in [0.25, 0.3) is 0 Å². The molecule has 0 radical (unpaired) electrons. The smallest absolute Gasteiger partial charge is 0.318 e. The first-order valence-electron chi connectivity index (χ1n) is 7.64. The fourth-order valence-corrected chi connectivity index (χ4v) is 2.75. The normalized spacial score (nSPS) is 13.3. The zero-order valence-corrected chi connectivity index (χ0v) is 14.0. The number of hydrogen-bond donors (Lipinski definition) is 2. The van der Waals surface area contributed by atoms with Crippen molar-refractivity contribution in [2.45, 2.75) is 32.6 Å². The summed E-state index contributed by atoms with van der Waals surface area (Å²) >= 11 is 0. The molecule has 1 atom stereocenters. The maximum Gasteiger partial charge on any atom is 0.318 e. The molecule has 0 aliphatic rings. The second kappa shape index (κ2) is 6.74. The molecular weight excluding hydrogens is 310 g/mol. The Bertz CT molecular complexity index is 755. The van der Waals surface area contributed by atoms with Gasteiger partial charge in [0, 0.05) is 18.0 Å². The predicted molar refractivity (Wildman–Crippen MR) is 90.7 cm³/mol. The number of ether oxygens (including phenoxy) is 1. The highest BCUT2D eigenvalue weighted by Crippen LogP contribution is 2.35. The molecule has 0 amide bonds. The first-order valence-corrected chi connectivity index (χ1v) is 7.64. The molecule has 0 aliphatic heterocycles. The van der Waals surface area contributed by atoms with E-state index in [2.05, 4.69) is 4.98 Å². The van der Waals surface area contributed by atoms with Crippen molar-refractivity contribution in [3.05, 3.63) is 57.4 Å². The number of nitro benzene ring substituents is 1. The molecule has 0 saturated carbocycles. The number of aromatic amines is 1. The van der Waals surface area contributed by atoms with Gasteiger partial charge < -0.3 is 15.5 Å². The van der Waals surface area contributed by atoms with Crippen molar-refractivity contribution >= 4 is 17.3 Å². The van der Waals surface area contributed by atoms with Crippen LogP contribution in [0, 0.1) is 17.0 Å². The standard InChI is InChI=1S/C17H21N3O4/c1-4-24-16(21)17(3,14-6-5-9-19-14)10-12-11(2)7-8-13(15(12)18)20(22)23/h5-9,19H,4,10,18H2,1-3H3. The van der Waals surface area contributed by atoms with Crippen molar-refractivity contribution in [1.82, 2.24) is 4.98 Å². The number of nitro groups is 1. The van der Waals surface area contributed by atoms with Gasteiger partial charge >= 0.3 is 5.97 Å². The highest BCUT2D eigenvalue weighted by molar-refractivity contribution is 5.83. The summed E-state index contributed by atoms with van der Waals surface area (Å²) in [5.74, 6) is -0.405. The number of rotatable bonds is 6. The van der Waals surface area contributed by atoms with Crippen molar-refractivity contribution in [3.8, 4) is 0 Å². The van der Waals surface area contributed by atoms with Crippen molar-refractivity contribution < 1.29 is 14.5 Å². The Morgan fingerprint density at radius 3 is 2.67 bits per heavy atom. The summed E-state index contributed by atoms with van der Waals surface area (Å²) in [5, 5.41) is 11.1. The number of nitrogen functional groups attached to an aromatic ring is 1. The fraction of sp³-hybridized carbons (Fsp3) is 0.353. The lowest BCUT2D eigenvalue weighted by Crippen LogP contribution is -2.37. The zero-order chi connectivity index (χ0) is 17.9. The Morgan fingerprint density at radius 1 is 1.42 bits per heavy atom. The van der Waals surface area contributed by atoms with E-state index in [9.17, 15) is 14.9 Å². The van der Waals surface area contributed by atoms with E-state index in [1.165, 1.54) is 6.07 Å². The summed E-state index contributed by atoms with van der Waals surface area (Å²) in [7, 11) is 0. The largest absolute Gasteiger partial charge is 0.465 e. The second-order valence-corrected chi connectivity index (χ2v) is 5.86. The second-order valence-electron chi connectivity index (χ2n) is 5.86. The number of anilines is 1. The molecule has 0 spiro atoms. The van der Waals surface area contributed by atoms with Crippen molar-refractivity contribution in [2.24, 2.45) is 0 Å². The maximum absolute atomic E-state index is 12.6. The molecule has 1 aromatic carbocycles. The van der Waals surface area contributed by atoms with E-state index >= 15 is 0 Å². The van der Waals surface area contributed by atoms with Crippen molar-refractivity contribution in [1.29, 1.82) is 0 Å². The molecule has 7 heteroatoms. The monoisotopic (exact) mass is 331 g/mol. The van der Waals surface area contributed by atoms with Gasteiger partial charge in [0.1, 0.15) is 11.1 Å². The van der Waals surface area contributed by atoms with Crippen LogP contribution in [0.2, 0.25) is 0 Å². The SMILES string of the molecule is CCOC(=O)C(C)(Cc1c(C)ccc([N+](=O)[O-])c1N)c1ccc[nH]1.